The first-order chi connectivity index (χ1) is 7.81. The minimum Gasteiger partial charge on any atom is -0.496 e. The molecule has 0 aliphatic carbocycles. The average molecular weight is 222 g/mol. The molecule has 0 saturated heterocycles. The molecule has 0 aromatic heterocycles. The molecule has 2 nitrogen and oxygen atoms in total. The van der Waals surface area contributed by atoms with Gasteiger partial charge in [-0.2, -0.15) is 0 Å². The predicted octanol–water partition coefficient (Wildman–Crippen LogP) is 3.31. The molecule has 0 amide bonds. The second kappa shape index (κ2) is 7.29. The summed E-state index contributed by atoms with van der Waals surface area (Å²) in [7, 11) is 1.70. The van der Waals surface area contributed by atoms with Crippen LogP contribution in [0.1, 0.15) is 43.7 Å². The normalized spacial score (nSPS) is 10.4. The summed E-state index contributed by atoms with van der Waals surface area (Å²) in [4.78, 5) is 0. The molecule has 2 heteroatoms. The second-order valence-electron chi connectivity index (χ2n) is 4.11. The van der Waals surface area contributed by atoms with Crippen LogP contribution in [0.15, 0.2) is 18.2 Å². The van der Waals surface area contributed by atoms with Crippen LogP contribution in [0, 0.1) is 0 Å². The number of hydrogen-bond donors (Lipinski definition) is 1. The van der Waals surface area contributed by atoms with Crippen molar-refractivity contribution < 1.29 is 9.84 Å². The quantitative estimate of drug-likeness (QED) is 0.717. The highest BCUT2D eigenvalue weighted by molar-refractivity contribution is 5.37. The van der Waals surface area contributed by atoms with E-state index in [1.807, 2.05) is 18.2 Å². The van der Waals surface area contributed by atoms with E-state index in [-0.39, 0.29) is 6.61 Å². The third kappa shape index (κ3) is 3.86. The van der Waals surface area contributed by atoms with E-state index in [1.165, 1.54) is 31.2 Å². The molecule has 1 N–H and O–H groups in total. The van der Waals surface area contributed by atoms with Gasteiger partial charge in [0, 0.05) is 0 Å². The lowest BCUT2D eigenvalue weighted by molar-refractivity contribution is 0.281. The summed E-state index contributed by atoms with van der Waals surface area (Å²) in [5, 5.41) is 9.09. The molecule has 1 aromatic rings. The highest BCUT2D eigenvalue weighted by Crippen LogP contribution is 2.22. The van der Waals surface area contributed by atoms with Crippen molar-refractivity contribution in [1.29, 1.82) is 0 Å². The molecule has 0 radical (unpaired) electrons. The van der Waals surface area contributed by atoms with Crippen LogP contribution in [0.25, 0.3) is 0 Å². The van der Waals surface area contributed by atoms with Crippen LogP contribution in [0.4, 0.5) is 0 Å². The van der Waals surface area contributed by atoms with E-state index in [0.717, 1.165) is 17.7 Å². The van der Waals surface area contributed by atoms with Gasteiger partial charge >= 0.3 is 0 Å². The number of ether oxygens (including phenoxy) is 1. The van der Waals surface area contributed by atoms with Gasteiger partial charge in [0.2, 0.25) is 0 Å². The summed E-state index contributed by atoms with van der Waals surface area (Å²) in [6.45, 7) is 2.32. The van der Waals surface area contributed by atoms with Crippen molar-refractivity contribution in [1.82, 2.24) is 0 Å². The number of methoxy groups -OCH3 is 1. The Morgan fingerprint density at radius 1 is 1.19 bits per heavy atom. The van der Waals surface area contributed by atoms with Crippen LogP contribution < -0.4 is 4.74 Å². The first-order valence-electron chi connectivity index (χ1n) is 6.08. The molecule has 0 saturated carbocycles. The van der Waals surface area contributed by atoms with Crippen molar-refractivity contribution in [3.63, 3.8) is 0 Å². The van der Waals surface area contributed by atoms with Gasteiger partial charge in [-0.3, -0.25) is 0 Å². The monoisotopic (exact) mass is 222 g/mol. The number of benzene rings is 1. The Balaban J connectivity index is 2.60. The van der Waals surface area contributed by atoms with Gasteiger partial charge in [0.1, 0.15) is 5.75 Å². The van der Waals surface area contributed by atoms with E-state index in [2.05, 4.69) is 6.92 Å². The fourth-order valence-corrected chi connectivity index (χ4v) is 1.87. The SMILES string of the molecule is CCCCCCc1cc(CO)ccc1OC. The molecule has 16 heavy (non-hydrogen) atoms. The van der Waals surface area contributed by atoms with Crippen LogP contribution in [0.2, 0.25) is 0 Å². The molecule has 0 atom stereocenters. The zero-order valence-corrected chi connectivity index (χ0v) is 10.3. The maximum atomic E-state index is 9.09. The minimum atomic E-state index is 0.103. The first kappa shape index (κ1) is 13.0. The molecule has 0 spiro atoms. The Bertz CT molecular complexity index is 308. The molecule has 0 unspecified atom stereocenters. The average Bonchev–Trinajstić information content (AvgIpc) is 2.34. The van der Waals surface area contributed by atoms with Crippen molar-refractivity contribution in [2.24, 2.45) is 0 Å². The number of aliphatic hydroxyl groups excluding tert-OH is 1. The summed E-state index contributed by atoms with van der Waals surface area (Å²) in [6, 6.07) is 5.90. The topological polar surface area (TPSA) is 29.5 Å². The highest BCUT2D eigenvalue weighted by Gasteiger charge is 2.03. The molecule has 90 valence electrons. The summed E-state index contributed by atoms with van der Waals surface area (Å²) in [6.07, 6.45) is 6.05. The number of aryl methyl sites for hydroxylation is 1. The van der Waals surface area contributed by atoms with Gasteiger partial charge in [-0.05, 0) is 36.1 Å². The highest BCUT2D eigenvalue weighted by atomic mass is 16.5. The zero-order valence-electron chi connectivity index (χ0n) is 10.3. The molecule has 0 aliphatic rings. The lowest BCUT2D eigenvalue weighted by Crippen LogP contribution is -1.95. The van der Waals surface area contributed by atoms with Crippen LogP contribution >= 0.6 is 0 Å². The van der Waals surface area contributed by atoms with E-state index in [4.69, 9.17) is 9.84 Å². The lowest BCUT2D eigenvalue weighted by Gasteiger charge is -2.09. The van der Waals surface area contributed by atoms with Gasteiger partial charge < -0.3 is 9.84 Å². The Kier molecular flexibility index (Phi) is 5.94. The van der Waals surface area contributed by atoms with E-state index >= 15 is 0 Å². The van der Waals surface area contributed by atoms with Crippen molar-refractivity contribution in [2.45, 2.75) is 45.6 Å². The predicted molar refractivity (Wildman–Crippen MR) is 66.8 cm³/mol. The van der Waals surface area contributed by atoms with E-state index < -0.39 is 0 Å². The van der Waals surface area contributed by atoms with Crippen LogP contribution in [0.5, 0.6) is 5.75 Å². The molecule has 0 heterocycles. The molecule has 0 bridgehead atoms. The van der Waals surface area contributed by atoms with Crippen LogP contribution in [-0.2, 0) is 13.0 Å². The van der Waals surface area contributed by atoms with Crippen LogP contribution in [-0.4, -0.2) is 12.2 Å². The summed E-state index contributed by atoms with van der Waals surface area (Å²) in [5.41, 5.74) is 2.18. The fourth-order valence-electron chi connectivity index (χ4n) is 1.87. The molecule has 0 fully saturated rings. The minimum absolute atomic E-state index is 0.103. The molecular weight excluding hydrogens is 200 g/mol. The number of rotatable bonds is 7. The number of unbranched alkanes of at least 4 members (excludes halogenated alkanes) is 3. The van der Waals surface area contributed by atoms with Gasteiger partial charge in [0.05, 0.1) is 13.7 Å². The lowest BCUT2D eigenvalue weighted by atomic mass is 10.0. The van der Waals surface area contributed by atoms with Gasteiger partial charge in [0.15, 0.2) is 0 Å². The third-order valence-corrected chi connectivity index (χ3v) is 2.83. The Labute approximate surface area is 98.3 Å². The maximum Gasteiger partial charge on any atom is 0.122 e. The van der Waals surface area contributed by atoms with Gasteiger partial charge in [-0.25, -0.2) is 0 Å². The van der Waals surface area contributed by atoms with Gasteiger partial charge in [0.25, 0.3) is 0 Å². The van der Waals surface area contributed by atoms with Crippen molar-refractivity contribution in [3.05, 3.63) is 29.3 Å². The number of hydrogen-bond acceptors (Lipinski definition) is 2. The summed E-state index contributed by atoms with van der Waals surface area (Å²) in [5.74, 6) is 0.939. The molecular formula is C14H22O2. The number of aliphatic hydroxyl groups is 1. The Morgan fingerprint density at radius 3 is 2.62 bits per heavy atom. The standard InChI is InChI=1S/C14H22O2/c1-3-4-5-6-7-13-10-12(11-15)8-9-14(13)16-2/h8-10,15H,3-7,11H2,1-2H3. The first-order valence-corrected chi connectivity index (χ1v) is 6.08. The zero-order chi connectivity index (χ0) is 11.8. The largest absolute Gasteiger partial charge is 0.496 e. The molecule has 0 aliphatic heterocycles. The molecule has 1 aromatic carbocycles. The van der Waals surface area contributed by atoms with E-state index in [0.29, 0.717) is 0 Å². The third-order valence-electron chi connectivity index (χ3n) is 2.83. The van der Waals surface area contributed by atoms with E-state index in [1.54, 1.807) is 7.11 Å². The second-order valence-corrected chi connectivity index (χ2v) is 4.11. The van der Waals surface area contributed by atoms with Crippen LogP contribution in [0.3, 0.4) is 0 Å². The summed E-state index contributed by atoms with van der Waals surface area (Å²) >= 11 is 0. The Morgan fingerprint density at radius 2 is 2.00 bits per heavy atom. The fraction of sp³-hybridized carbons (Fsp3) is 0.571. The van der Waals surface area contributed by atoms with Gasteiger partial charge in [-0.15, -0.1) is 0 Å². The van der Waals surface area contributed by atoms with Crippen molar-refractivity contribution in [3.8, 4) is 5.75 Å². The van der Waals surface area contributed by atoms with Crippen molar-refractivity contribution in [2.75, 3.05) is 7.11 Å². The summed E-state index contributed by atoms with van der Waals surface area (Å²) < 4.78 is 5.32. The smallest absolute Gasteiger partial charge is 0.122 e. The molecule has 1 rings (SSSR count). The Hall–Kier alpha value is -1.02. The van der Waals surface area contributed by atoms with Gasteiger partial charge in [-0.1, -0.05) is 32.3 Å². The maximum absolute atomic E-state index is 9.09. The van der Waals surface area contributed by atoms with Crippen molar-refractivity contribution >= 4 is 0 Å². The van der Waals surface area contributed by atoms with E-state index in [9.17, 15) is 0 Å².